The largest absolute Gasteiger partial charge is 0.466 e. The van der Waals surface area contributed by atoms with E-state index in [4.69, 9.17) is 9.47 Å². The molecule has 0 radical (unpaired) electrons. The zero-order chi connectivity index (χ0) is 26.1. The van der Waals surface area contributed by atoms with Crippen LogP contribution in [0.25, 0.3) is 0 Å². The van der Waals surface area contributed by atoms with E-state index < -0.39 is 41.1 Å². The predicted molar refractivity (Wildman–Crippen MR) is 134 cm³/mol. The second-order valence-electron chi connectivity index (χ2n) is 10.7. The summed E-state index contributed by atoms with van der Waals surface area (Å²) in [5.41, 5.74) is -1.08. The second-order valence-corrected chi connectivity index (χ2v) is 10.7. The van der Waals surface area contributed by atoms with Crippen LogP contribution < -0.4 is 5.32 Å². The summed E-state index contributed by atoms with van der Waals surface area (Å²) in [6.45, 7) is 8.11. The van der Waals surface area contributed by atoms with E-state index in [-0.39, 0.29) is 30.9 Å². The van der Waals surface area contributed by atoms with Gasteiger partial charge in [0.2, 0.25) is 11.8 Å². The Morgan fingerprint density at radius 2 is 1.97 bits per heavy atom. The molecule has 8 nitrogen and oxygen atoms in total. The lowest BCUT2D eigenvalue weighted by Gasteiger charge is -2.37. The van der Waals surface area contributed by atoms with Crippen LogP contribution in [0.1, 0.15) is 58.9 Å². The highest BCUT2D eigenvalue weighted by molar-refractivity contribution is 5.98. The van der Waals surface area contributed by atoms with Crippen molar-refractivity contribution in [2.75, 3.05) is 19.8 Å². The zero-order valence-electron chi connectivity index (χ0n) is 21.9. The number of fused-ring (bicyclic) bond motifs is 1. The number of carbonyl (C=O) groups excluding carboxylic acids is 3. The zero-order valence-corrected chi connectivity index (χ0v) is 21.9. The lowest BCUT2D eigenvalue weighted by Crippen LogP contribution is -2.58. The molecule has 3 fully saturated rings. The van der Waals surface area contributed by atoms with E-state index in [1.807, 2.05) is 44.2 Å². The number of carbonyl (C=O) groups is 3. The maximum atomic E-state index is 14.2. The summed E-state index contributed by atoms with van der Waals surface area (Å²) < 4.78 is 12.1. The van der Waals surface area contributed by atoms with Gasteiger partial charge in [0.25, 0.3) is 0 Å². The molecule has 0 aromatic heterocycles. The molecule has 36 heavy (non-hydrogen) atoms. The van der Waals surface area contributed by atoms with Crippen LogP contribution in [0.4, 0.5) is 0 Å². The molecule has 3 heterocycles. The Kier molecular flexibility index (Phi) is 7.76. The molecular formula is C28H40N2O6. The van der Waals surface area contributed by atoms with E-state index in [1.165, 1.54) is 4.90 Å². The second kappa shape index (κ2) is 10.5. The van der Waals surface area contributed by atoms with Crippen molar-refractivity contribution in [1.82, 2.24) is 10.2 Å². The summed E-state index contributed by atoms with van der Waals surface area (Å²) in [4.78, 5) is 42.7. The van der Waals surface area contributed by atoms with E-state index in [0.29, 0.717) is 19.4 Å². The number of ether oxygens (including phenoxy) is 2. The maximum absolute atomic E-state index is 14.2. The molecule has 3 aliphatic heterocycles. The molecule has 2 N–H and O–H groups in total. The molecule has 4 rings (SSSR count). The Hall–Kier alpha value is -2.45. The number of aliphatic hydroxyl groups excluding tert-OH is 1. The number of aliphatic hydroxyl groups is 1. The monoisotopic (exact) mass is 500 g/mol. The van der Waals surface area contributed by atoms with E-state index in [2.05, 4.69) is 12.2 Å². The van der Waals surface area contributed by atoms with E-state index in [9.17, 15) is 19.5 Å². The van der Waals surface area contributed by atoms with Crippen molar-refractivity contribution in [1.29, 1.82) is 0 Å². The quantitative estimate of drug-likeness (QED) is 0.357. The summed E-state index contributed by atoms with van der Waals surface area (Å²) in [5.74, 6) is -2.73. The molecule has 0 aliphatic carbocycles. The number of hydrogen-bond donors (Lipinski definition) is 2. The first-order valence-electron chi connectivity index (χ1n) is 13.4. The van der Waals surface area contributed by atoms with Crippen LogP contribution >= 0.6 is 0 Å². The van der Waals surface area contributed by atoms with E-state index in [0.717, 1.165) is 24.8 Å². The normalized spacial score (nSPS) is 33.5. The average Bonchev–Trinajstić information content (AvgIpc) is 3.37. The number of rotatable bonds is 11. The van der Waals surface area contributed by atoms with Gasteiger partial charge in [0.05, 0.1) is 30.8 Å². The fraction of sp³-hybridized carbons (Fsp3) is 0.679. The molecule has 3 aliphatic rings. The van der Waals surface area contributed by atoms with Crippen LogP contribution in [-0.2, 0) is 30.3 Å². The first kappa shape index (κ1) is 26.6. The fourth-order valence-electron chi connectivity index (χ4n) is 6.78. The van der Waals surface area contributed by atoms with Crippen molar-refractivity contribution in [3.05, 3.63) is 35.9 Å². The minimum atomic E-state index is -1.14. The van der Waals surface area contributed by atoms with Gasteiger partial charge in [-0.15, -0.1) is 0 Å². The van der Waals surface area contributed by atoms with Gasteiger partial charge in [-0.3, -0.25) is 14.4 Å². The Balaban J connectivity index is 1.74. The third-order valence-electron chi connectivity index (χ3n) is 8.54. The van der Waals surface area contributed by atoms with Gasteiger partial charge in [-0.05, 0) is 44.6 Å². The predicted octanol–water partition coefficient (Wildman–Crippen LogP) is 2.47. The SMILES string of the molecule is CCCCCNC(=O)C1N([C@@H](CO)Cc2ccccc2)C(=O)[C@@H]2[C@H](C(=O)OCC)[C@@]3(C)OC12CC3C. The summed E-state index contributed by atoms with van der Waals surface area (Å²) in [5, 5.41) is 13.5. The number of unbranched alkanes of at least 4 members (excludes halogenated alkanes) is 2. The molecule has 2 bridgehead atoms. The molecule has 8 heteroatoms. The maximum Gasteiger partial charge on any atom is 0.312 e. The minimum absolute atomic E-state index is 0.0482. The third-order valence-corrected chi connectivity index (χ3v) is 8.54. The number of esters is 1. The lowest BCUT2D eigenvalue weighted by molar-refractivity contribution is -0.162. The van der Waals surface area contributed by atoms with Gasteiger partial charge in [0.1, 0.15) is 17.6 Å². The molecule has 0 saturated carbocycles. The molecule has 3 saturated heterocycles. The van der Waals surface area contributed by atoms with Crippen LogP contribution in [0, 0.1) is 17.8 Å². The van der Waals surface area contributed by atoms with Gasteiger partial charge < -0.3 is 24.8 Å². The molecule has 1 aromatic carbocycles. The number of nitrogens with one attached hydrogen (secondary N) is 1. The standard InChI is InChI=1S/C28H40N2O6/c1-5-7-11-14-29-24(32)23-28-16-18(3)27(4,36-28)22(26(34)35-6-2)21(28)25(33)30(23)20(17-31)15-19-12-9-8-10-13-19/h8-10,12-13,18,20-23,31H,5-7,11,14-17H2,1-4H3,(H,29,32)/t18?,20-,21+,22-,23?,27+,28?/m1/s1. The molecule has 198 valence electrons. The Labute approximate surface area is 213 Å². The van der Waals surface area contributed by atoms with E-state index >= 15 is 0 Å². The summed E-state index contributed by atoms with van der Waals surface area (Å²) >= 11 is 0. The minimum Gasteiger partial charge on any atom is -0.466 e. The van der Waals surface area contributed by atoms with Crippen LogP contribution in [0.3, 0.4) is 0 Å². The van der Waals surface area contributed by atoms with Crippen molar-refractivity contribution >= 4 is 17.8 Å². The smallest absolute Gasteiger partial charge is 0.312 e. The Morgan fingerprint density at radius 3 is 2.61 bits per heavy atom. The van der Waals surface area contributed by atoms with Gasteiger partial charge in [0.15, 0.2) is 0 Å². The highest BCUT2D eigenvalue weighted by atomic mass is 16.6. The van der Waals surface area contributed by atoms with Crippen molar-refractivity contribution in [3.63, 3.8) is 0 Å². The number of benzene rings is 1. The topological polar surface area (TPSA) is 105 Å². The van der Waals surface area contributed by atoms with Crippen molar-refractivity contribution in [2.45, 2.75) is 83.1 Å². The molecular weight excluding hydrogens is 460 g/mol. The van der Waals surface area contributed by atoms with Crippen molar-refractivity contribution in [2.24, 2.45) is 17.8 Å². The lowest BCUT2D eigenvalue weighted by atomic mass is 9.62. The van der Waals surface area contributed by atoms with Crippen molar-refractivity contribution in [3.8, 4) is 0 Å². The first-order valence-corrected chi connectivity index (χ1v) is 13.4. The number of likely N-dealkylation sites (tertiary alicyclic amines) is 1. The number of hydrogen-bond acceptors (Lipinski definition) is 6. The number of amides is 2. The Bertz CT molecular complexity index is 970. The Morgan fingerprint density at radius 1 is 1.25 bits per heavy atom. The van der Waals surface area contributed by atoms with Gasteiger partial charge in [-0.25, -0.2) is 0 Å². The van der Waals surface area contributed by atoms with Crippen LogP contribution in [0.2, 0.25) is 0 Å². The third kappa shape index (κ3) is 4.22. The molecule has 1 spiro atoms. The van der Waals surface area contributed by atoms with Crippen LogP contribution in [-0.4, -0.2) is 70.8 Å². The average molecular weight is 501 g/mol. The summed E-state index contributed by atoms with van der Waals surface area (Å²) in [7, 11) is 0. The van der Waals surface area contributed by atoms with Gasteiger partial charge in [-0.2, -0.15) is 0 Å². The fourth-order valence-corrected chi connectivity index (χ4v) is 6.78. The van der Waals surface area contributed by atoms with Gasteiger partial charge in [-0.1, -0.05) is 57.0 Å². The highest BCUT2D eigenvalue weighted by Gasteiger charge is 2.80. The molecule has 3 unspecified atom stereocenters. The van der Waals surface area contributed by atoms with Crippen molar-refractivity contribution < 1.29 is 29.0 Å². The van der Waals surface area contributed by atoms with Gasteiger partial charge in [0, 0.05) is 6.54 Å². The highest BCUT2D eigenvalue weighted by Crippen LogP contribution is 2.65. The van der Waals surface area contributed by atoms with Gasteiger partial charge >= 0.3 is 5.97 Å². The van der Waals surface area contributed by atoms with Crippen LogP contribution in [0.5, 0.6) is 0 Å². The summed E-state index contributed by atoms with van der Waals surface area (Å²) in [6, 6.07) is 8.05. The molecule has 1 aromatic rings. The summed E-state index contributed by atoms with van der Waals surface area (Å²) in [6.07, 6.45) is 3.74. The van der Waals surface area contributed by atoms with E-state index in [1.54, 1.807) is 6.92 Å². The number of nitrogens with zero attached hydrogens (tertiary/aromatic N) is 1. The first-order chi connectivity index (χ1) is 17.2. The molecule has 2 amide bonds. The van der Waals surface area contributed by atoms with Crippen LogP contribution in [0.15, 0.2) is 30.3 Å². The molecule has 7 atom stereocenters.